The molecule has 0 bridgehead atoms. The molecule has 1 aliphatic carbocycles. The summed E-state index contributed by atoms with van der Waals surface area (Å²) in [6, 6.07) is 16.4. The molecule has 1 atom stereocenters. The monoisotopic (exact) mass is 466 g/mol. The number of carbonyl (C=O) groups is 3. The van der Waals surface area contributed by atoms with Gasteiger partial charge in [-0.2, -0.15) is 0 Å². The minimum Gasteiger partial charge on any atom is -0.481 e. The molecule has 0 heterocycles. The summed E-state index contributed by atoms with van der Waals surface area (Å²) in [6.07, 6.45) is 0.454. The third-order valence-corrected chi connectivity index (χ3v) is 6.32. The summed E-state index contributed by atoms with van der Waals surface area (Å²) < 4.78 is 5.56. The number of alkyl carbamates (subject to hydrolysis) is 1. The Balaban J connectivity index is 1.46. The van der Waals surface area contributed by atoms with Crippen LogP contribution in [0.25, 0.3) is 11.1 Å². The molecule has 0 fully saturated rings. The van der Waals surface area contributed by atoms with Gasteiger partial charge in [-0.3, -0.25) is 9.59 Å². The number of hydrogen-bond acceptors (Lipinski definition) is 4. The van der Waals surface area contributed by atoms with Crippen LogP contribution < -0.4 is 10.6 Å². The third kappa shape index (κ3) is 6.59. The number of carboxylic acids is 1. The van der Waals surface area contributed by atoms with E-state index in [1.54, 1.807) is 13.8 Å². The van der Waals surface area contributed by atoms with E-state index in [0.717, 1.165) is 17.5 Å². The average Bonchev–Trinajstić information content (AvgIpc) is 3.12. The zero-order valence-electron chi connectivity index (χ0n) is 20.1. The maximum Gasteiger partial charge on any atom is 0.407 e. The first-order valence-electron chi connectivity index (χ1n) is 11.8. The van der Waals surface area contributed by atoms with Crippen molar-refractivity contribution >= 4 is 18.0 Å². The number of fused-ring (bicyclic) bond motifs is 3. The second-order valence-corrected chi connectivity index (χ2v) is 9.70. The summed E-state index contributed by atoms with van der Waals surface area (Å²) in [5.74, 6) is -1.08. The molecule has 0 aliphatic heterocycles. The molecule has 7 heteroatoms. The van der Waals surface area contributed by atoms with Crippen LogP contribution in [-0.4, -0.2) is 42.8 Å². The summed E-state index contributed by atoms with van der Waals surface area (Å²) in [5.41, 5.74) is 4.14. The molecule has 1 aliphatic rings. The van der Waals surface area contributed by atoms with Crippen molar-refractivity contribution < 1.29 is 24.2 Å². The Bertz CT molecular complexity index is 988. The highest BCUT2D eigenvalue weighted by Crippen LogP contribution is 2.44. The van der Waals surface area contributed by atoms with Crippen molar-refractivity contribution in [2.75, 3.05) is 19.7 Å². The van der Waals surface area contributed by atoms with Gasteiger partial charge in [-0.05, 0) is 33.6 Å². The highest BCUT2D eigenvalue weighted by atomic mass is 16.5. The number of carboxylic acid groups (broad SMARTS) is 1. The van der Waals surface area contributed by atoms with Crippen LogP contribution in [-0.2, 0) is 14.3 Å². The smallest absolute Gasteiger partial charge is 0.407 e. The number of rotatable bonds is 11. The standard InChI is InChI=1S/C27H34N2O5/c1-4-18(13-24(30)29-17-27(2,3)14-25(31)32)15-28-26(33)34-16-23-21-11-7-5-9-19(21)20-10-6-8-12-22(20)23/h5-12,18,23H,4,13-17H2,1-3H3,(H,28,33)(H,29,30)(H,31,32). The molecule has 3 N–H and O–H groups in total. The van der Waals surface area contributed by atoms with Gasteiger partial charge in [-0.1, -0.05) is 75.7 Å². The molecule has 0 saturated carbocycles. The Morgan fingerprint density at radius 2 is 1.59 bits per heavy atom. The zero-order valence-corrected chi connectivity index (χ0v) is 20.1. The normalized spacial score (nSPS) is 13.5. The fourth-order valence-electron chi connectivity index (χ4n) is 4.38. The number of benzene rings is 2. The maximum atomic E-state index is 12.4. The Labute approximate surface area is 200 Å². The predicted molar refractivity (Wildman–Crippen MR) is 131 cm³/mol. The van der Waals surface area contributed by atoms with Gasteiger partial charge in [-0.25, -0.2) is 4.79 Å². The van der Waals surface area contributed by atoms with Gasteiger partial charge >= 0.3 is 12.1 Å². The molecule has 0 saturated heterocycles. The number of ether oxygens (including phenoxy) is 1. The van der Waals surface area contributed by atoms with Gasteiger partial charge in [0, 0.05) is 25.4 Å². The largest absolute Gasteiger partial charge is 0.481 e. The van der Waals surface area contributed by atoms with Crippen LogP contribution >= 0.6 is 0 Å². The highest BCUT2D eigenvalue weighted by Gasteiger charge is 2.29. The average molecular weight is 467 g/mol. The van der Waals surface area contributed by atoms with E-state index in [4.69, 9.17) is 9.84 Å². The number of hydrogen-bond donors (Lipinski definition) is 3. The molecule has 0 spiro atoms. The van der Waals surface area contributed by atoms with Crippen molar-refractivity contribution in [2.24, 2.45) is 11.3 Å². The molecule has 7 nitrogen and oxygen atoms in total. The van der Waals surface area contributed by atoms with E-state index in [2.05, 4.69) is 34.9 Å². The number of nitrogens with one attached hydrogen (secondary N) is 2. The minimum absolute atomic E-state index is 0.0000523. The Hall–Kier alpha value is -3.35. The first kappa shape index (κ1) is 25.3. The quantitative estimate of drug-likeness (QED) is 0.450. The molecule has 0 radical (unpaired) electrons. The predicted octanol–water partition coefficient (Wildman–Crippen LogP) is 4.56. The van der Waals surface area contributed by atoms with E-state index in [1.807, 2.05) is 31.2 Å². The van der Waals surface area contributed by atoms with Crippen LogP contribution in [0.2, 0.25) is 0 Å². The van der Waals surface area contributed by atoms with Gasteiger partial charge in [0.05, 0.1) is 6.42 Å². The SMILES string of the molecule is CCC(CNC(=O)OCC1c2ccccc2-c2ccccc21)CC(=O)NCC(C)(C)CC(=O)O. The van der Waals surface area contributed by atoms with E-state index in [0.29, 0.717) is 6.54 Å². The van der Waals surface area contributed by atoms with E-state index < -0.39 is 17.5 Å². The van der Waals surface area contributed by atoms with Gasteiger partial charge in [0.15, 0.2) is 0 Å². The molecule has 3 rings (SSSR count). The molecule has 0 aromatic heterocycles. The van der Waals surface area contributed by atoms with Crippen molar-refractivity contribution in [1.82, 2.24) is 10.6 Å². The van der Waals surface area contributed by atoms with E-state index >= 15 is 0 Å². The van der Waals surface area contributed by atoms with Gasteiger partial charge in [-0.15, -0.1) is 0 Å². The molecule has 1 unspecified atom stereocenters. The summed E-state index contributed by atoms with van der Waals surface area (Å²) >= 11 is 0. The Morgan fingerprint density at radius 1 is 1.00 bits per heavy atom. The summed E-state index contributed by atoms with van der Waals surface area (Å²) in [6.45, 7) is 6.43. The van der Waals surface area contributed by atoms with Crippen LogP contribution in [0.1, 0.15) is 57.1 Å². The molecule has 2 aromatic carbocycles. The molecular formula is C27H34N2O5. The molecule has 2 amide bonds. The lowest BCUT2D eigenvalue weighted by Crippen LogP contribution is -2.37. The Kier molecular flexibility index (Phi) is 8.31. The van der Waals surface area contributed by atoms with Crippen molar-refractivity contribution in [3.63, 3.8) is 0 Å². The fourth-order valence-corrected chi connectivity index (χ4v) is 4.38. The lowest BCUT2D eigenvalue weighted by atomic mass is 9.89. The second kappa shape index (κ2) is 11.2. The van der Waals surface area contributed by atoms with E-state index in [9.17, 15) is 14.4 Å². The van der Waals surface area contributed by atoms with E-state index in [-0.39, 0.29) is 43.7 Å². The van der Waals surface area contributed by atoms with Crippen molar-refractivity contribution in [3.8, 4) is 11.1 Å². The van der Waals surface area contributed by atoms with E-state index in [1.165, 1.54) is 11.1 Å². The highest BCUT2D eigenvalue weighted by molar-refractivity contribution is 5.79. The first-order valence-corrected chi connectivity index (χ1v) is 11.8. The minimum atomic E-state index is -0.891. The van der Waals surface area contributed by atoms with Gasteiger partial charge in [0.25, 0.3) is 0 Å². The van der Waals surface area contributed by atoms with Crippen LogP contribution in [0.4, 0.5) is 4.79 Å². The molecule has 34 heavy (non-hydrogen) atoms. The van der Waals surface area contributed by atoms with Gasteiger partial charge in [0.2, 0.25) is 5.91 Å². The van der Waals surface area contributed by atoms with Gasteiger partial charge in [0.1, 0.15) is 6.61 Å². The first-order chi connectivity index (χ1) is 16.2. The number of carbonyl (C=O) groups excluding carboxylic acids is 2. The van der Waals surface area contributed by atoms with Crippen LogP contribution in [0.3, 0.4) is 0 Å². The summed E-state index contributed by atoms with van der Waals surface area (Å²) in [4.78, 5) is 35.6. The van der Waals surface area contributed by atoms with Crippen molar-refractivity contribution in [3.05, 3.63) is 59.7 Å². The maximum absolute atomic E-state index is 12.4. The summed E-state index contributed by atoms with van der Waals surface area (Å²) in [5, 5.41) is 14.6. The van der Waals surface area contributed by atoms with Crippen molar-refractivity contribution in [2.45, 2.75) is 46.0 Å². The lowest BCUT2D eigenvalue weighted by molar-refractivity contribution is -0.139. The van der Waals surface area contributed by atoms with Crippen LogP contribution in [0.5, 0.6) is 0 Å². The fraction of sp³-hybridized carbons (Fsp3) is 0.444. The number of amides is 2. The van der Waals surface area contributed by atoms with Crippen LogP contribution in [0.15, 0.2) is 48.5 Å². The second-order valence-electron chi connectivity index (χ2n) is 9.70. The number of aliphatic carboxylic acids is 1. The van der Waals surface area contributed by atoms with Crippen LogP contribution in [0, 0.1) is 11.3 Å². The topological polar surface area (TPSA) is 105 Å². The molecule has 2 aromatic rings. The lowest BCUT2D eigenvalue weighted by Gasteiger charge is -2.23. The van der Waals surface area contributed by atoms with Gasteiger partial charge < -0.3 is 20.5 Å². The Morgan fingerprint density at radius 3 is 2.15 bits per heavy atom. The molecule has 182 valence electrons. The zero-order chi connectivity index (χ0) is 24.7. The van der Waals surface area contributed by atoms with Crippen molar-refractivity contribution in [1.29, 1.82) is 0 Å². The summed E-state index contributed by atoms with van der Waals surface area (Å²) in [7, 11) is 0. The molecular weight excluding hydrogens is 432 g/mol. The third-order valence-electron chi connectivity index (χ3n) is 6.32.